The van der Waals surface area contributed by atoms with Crippen LogP contribution in [-0.2, 0) is 11.3 Å². The number of rotatable bonds is 8. The summed E-state index contributed by atoms with van der Waals surface area (Å²) in [6.45, 7) is 8.20. The van der Waals surface area contributed by atoms with Crippen molar-refractivity contribution < 1.29 is 4.74 Å². The maximum Gasteiger partial charge on any atom is 0.129 e. The van der Waals surface area contributed by atoms with Crippen LogP contribution in [0.25, 0.3) is 0 Å². The van der Waals surface area contributed by atoms with Gasteiger partial charge in [-0.1, -0.05) is 13.8 Å². The third-order valence-corrected chi connectivity index (χ3v) is 4.09. The molecule has 1 saturated carbocycles. The Morgan fingerprint density at radius 1 is 1.33 bits per heavy atom. The minimum atomic E-state index is 0.314. The molecule has 118 valence electrons. The van der Waals surface area contributed by atoms with E-state index in [4.69, 9.17) is 9.72 Å². The van der Waals surface area contributed by atoms with Crippen LogP contribution >= 0.6 is 0 Å². The number of ether oxygens (including phenoxy) is 1. The van der Waals surface area contributed by atoms with Gasteiger partial charge in [0.25, 0.3) is 0 Å². The van der Waals surface area contributed by atoms with Gasteiger partial charge in [0.15, 0.2) is 0 Å². The summed E-state index contributed by atoms with van der Waals surface area (Å²) in [7, 11) is 3.83. The molecule has 4 nitrogen and oxygen atoms in total. The number of pyridine rings is 1. The third kappa shape index (κ3) is 4.68. The Morgan fingerprint density at radius 2 is 2.05 bits per heavy atom. The molecular weight excluding hydrogens is 262 g/mol. The fourth-order valence-corrected chi connectivity index (χ4v) is 2.30. The second kappa shape index (κ2) is 7.23. The van der Waals surface area contributed by atoms with Crippen LogP contribution in [0.15, 0.2) is 12.1 Å². The molecule has 4 heteroatoms. The van der Waals surface area contributed by atoms with Crippen molar-refractivity contribution in [3.63, 3.8) is 0 Å². The Bertz CT molecular complexity index is 457. The van der Waals surface area contributed by atoms with Crippen LogP contribution in [0.2, 0.25) is 0 Å². The Kier molecular flexibility index (Phi) is 5.59. The summed E-state index contributed by atoms with van der Waals surface area (Å²) in [6, 6.07) is 5.48. The van der Waals surface area contributed by atoms with Gasteiger partial charge < -0.3 is 15.0 Å². The number of nitrogens with zero attached hydrogens (tertiary/aromatic N) is 2. The van der Waals surface area contributed by atoms with Gasteiger partial charge in [0, 0.05) is 32.4 Å². The van der Waals surface area contributed by atoms with E-state index in [2.05, 4.69) is 50.2 Å². The number of aromatic nitrogens is 1. The average molecular weight is 291 g/mol. The maximum absolute atomic E-state index is 5.26. The summed E-state index contributed by atoms with van der Waals surface area (Å²) in [5.74, 6) is 1.48. The molecule has 0 bridgehead atoms. The van der Waals surface area contributed by atoms with Crippen molar-refractivity contribution in [1.29, 1.82) is 0 Å². The van der Waals surface area contributed by atoms with E-state index in [9.17, 15) is 0 Å². The molecule has 2 rings (SSSR count). The van der Waals surface area contributed by atoms with Crippen molar-refractivity contribution in [2.75, 3.05) is 25.7 Å². The summed E-state index contributed by atoms with van der Waals surface area (Å²) >= 11 is 0. The lowest BCUT2D eigenvalue weighted by Gasteiger charge is -2.26. The second-order valence-electron chi connectivity index (χ2n) is 6.48. The zero-order valence-electron chi connectivity index (χ0n) is 14.0. The Balaban J connectivity index is 2.16. The molecule has 1 aliphatic rings. The summed E-state index contributed by atoms with van der Waals surface area (Å²) in [4.78, 5) is 7.03. The van der Waals surface area contributed by atoms with Gasteiger partial charge >= 0.3 is 0 Å². The third-order valence-electron chi connectivity index (χ3n) is 4.09. The van der Waals surface area contributed by atoms with Crippen molar-refractivity contribution in [3.8, 4) is 0 Å². The van der Waals surface area contributed by atoms with Crippen LogP contribution in [-0.4, -0.2) is 37.8 Å². The monoisotopic (exact) mass is 291 g/mol. The molecule has 1 unspecified atom stereocenters. The number of nitrogens with one attached hydrogen (secondary N) is 1. The number of anilines is 1. The smallest absolute Gasteiger partial charge is 0.129 e. The molecule has 0 spiro atoms. The predicted octanol–water partition coefficient (Wildman–Crippen LogP) is 2.93. The molecule has 0 saturated heterocycles. The zero-order chi connectivity index (χ0) is 15.4. The van der Waals surface area contributed by atoms with Crippen LogP contribution in [0.5, 0.6) is 0 Å². The van der Waals surface area contributed by atoms with Crippen LogP contribution in [0.4, 0.5) is 5.82 Å². The number of methoxy groups -OCH3 is 1. The molecule has 0 radical (unpaired) electrons. The lowest BCUT2D eigenvalue weighted by molar-refractivity contribution is 0.183. The van der Waals surface area contributed by atoms with E-state index >= 15 is 0 Å². The van der Waals surface area contributed by atoms with Crippen molar-refractivity contribution in [3.05, 3.63) is 23.4 Å². The number of hydrogen-bond donors (Lipinski definition) is 1. The quantitative estimate of drug-likeness (QED) is 0.799. The van der Waals surface area contributed by atoms with Gasteiger partial charge in [-0.2, -0.15) is 0 Å². The Labute approximate surface area is 128 Å². The van der Waals surface area contributed by atoms with Gasteiger partial charge in [-0.15, -0.1) is 0 Å². The lowest BCUT2D eigenvalue weighted by atomic mass is 10.1. The first kappa shape index (κ1) is 16.2. The van der Waals surface area contributed by atoms with Gasteiger partial charge in [0.05, 0.1) is 12.6 Å². The van der Waals surface area contributed by atoms with E-state index in [1.165, 1.54) is 18.4 Å². The van der Waals surface area contributed by atoms with Crippen molar-refractivity contribution >= 4 is 5.82 Å². The van der Waals surface area contributed by atoms with Crippen LogP contribution < -0.4 is 10.2 Å². The molecule has 1 aromatic rings. The highest BCUT2D eigenvalue weighted by Crippen LogP contribution is 2.23. The molecule has 1 heterocycles. The SMILES string of the molecule is COCC(C)N(C)c1cc(CNC2CC2)cc(C(C)C)n1. The highest BCUT2D eigenvalue weighted by Gasteiger charge is 2.20. The standard InChI is InChI=1S/C17H29N3O/c1-12(2)16-8-14(10-18-15-6-7-15)9-17(19-16)20(4)13(3)11-21-5/h8-9,12-13,15,18H,6-7,10-11H2,1-5H3. The van der Waals surface area contributed by atoms with E-state index in [0.29, 0.717) is 18.6 Å². The summed E-state index contributed by atoms with van der Waals surface area (Å²) in [5.41, 5.74) is 2.49. The first-order valence-electron chi connectivity index (χ1n) is 7.97. The van der Waals surface area contributed by atoms with E-state index in [-0.39, 0.29) is 0 Å². The molecular formula is C17H29N3O. The molecule has 1 N–H and O–H groups in total. The fourth-order valence-electron chi connectivity index (χ4n) is 2.30. The molecule has 0 amide bonds. The molecule has 1 atom stereocenters. The highest BCUT2D eigenvalue weighted by molar-refractivity contribution is 5.43. The molecule has 1 fully saturated rings. The Hall–Kier alpha value is -1.13. The second-order valence-corrected chi connectivity index (χ2v) is 6.48. The number of likely N-dealkylation sites (N-methyl/N-ethyl adjacent to an activating group) is 1. The van der Waals surface area contributed by atoms with Gasteiger partial charge in [0.1, 0.15) is 5.82 Å². The summed E-state index contributed by atoms with van der Waals surface area (Å²) < 4.78 is 5.26. The summed E-state index contributed by atoms with van der Waals surface area (Å²) in [5, 5.41) is 3.59. The normalized spacial score (nSPS) is 16.3. The predicted molar refractivity (Wildman–Crippen MR) is 87.9 cm³/mol. The van der Waals surface area contributed by atoms with E-state index < -0.39 is 0 Å². The van der Waals surface area contributed by atoms with Crippen LogP contribution in [0.1, 0.15) is 50.8 Å². The lowest BCUT2D eigenvalue weighted by Crippen LogP contribution is -2.33. The van der Waals surface area contributed by atoms with Gasteiger partial charge in [0.2, 0.25) is 0 Å². The first-order chi connectivity index (χ1) is 10.0. The zero-order valence-corrected chi connectivity index (χ0v) is 14.0. The Morgan fingerprint density at radius 3 is 2.62 bits per heavy atom. The number of hydrogen-bond acceptors (Lipinski definition) is 4. The van der Waals surface area contributed by atoms with E-state index in [1.807, 2.05) is 0 Å². The van der Waals surface area contributed by atoms with Crippen molar-refractivity contribution in [1.82, 2.24) is 10.3 Å². The minimum absolute atomic E-state index is 0.314. The molecule has 21 heavy (non-hydrogen) atoms. The average Bonchev–Trinajstić information content (AvgIpc) is 3.28. The molecule has 1 aliphatic carbocycles. The van der Waals surface area contributed by atoms with Crippen LogP contribution in [0, 0.1) is 0 Å². The first-order valence-corrected chi connectivity index (χ1v) is 7.97. The molecule has 0 aromatic carbocycles. The minimum Gasteiger partial charge on any atom is -0.383 e. The largest absolute Gasteiger partial charge is 0.383 e. The van der Waals surface area contributed by atoms with Gasteiger partial charge in [-0.25, -0.2) is 4.98 Å². The van der Waals surface area contributed by atoms with Crippen LogP contribution in [0.3, 0.4) is 0 Å². The topological polar surface area (TPSA) is 37.4 Å². The van der Waals surface area contributed by atoms with Crippen molar-refractivity contribution in [2.24, 2.45) is 0 Å². The maximum atomic E-state index is 5.26. The molecule has 0 aliphatic heterocycles. The highest BCUT2D eigenvalue weighted by atomic mass is 16.5. The summed E-state index contributed by atoms with van der Waals surface area (Å²) in [6.07, 6.45) is 2.64. The fraction of sp³-hybridized carbons (Fsp3) is 0.706. The van der Waals surface area contributed by atoms with Gasteiger partial charge in [-0.05, 0) is 43.4 Å². The van der Waals surface area contributed by atoms with E-state index in [1.54, 1.807) is 7.11 Å². The van der Waals surface area contributed by atoms with Gasteiger partial charge in [-0.3, -0.25) is 0 Å². The van der Waals surface area contributed by atoms with Crippen molar-refractivity contribution in [2.45, 2.75) is 58.2 Å². The molecule has 1 aromatic heterocycles. The van der Waals surface area contributed by atoms with E-state index in [0.717, 1.165) is 24.1 Å².